The third kappa shape index (κ3) is 3.90. The summed E-state index contributed by atoms with van der Waals surface area (Å²) in [6.07, 6.45) is 4.64. The van der Waals surface area contributed by atoms with Crippen LogP contribution in [0.5, 0.6) is 0 Å². The van der Waals surface area contributed by atoms with E-state index in [9.17, 15) is 4.39 Å². The molecule has 0 unspecified atom stereocenters. The number of hydrogen-bond donors (Lipinski definition) is 0. The molecule has 0 amide bonds. The molecular weight excluding hydrogens is 379 g/mol. The molecule has 25 heavy (non-hydrogen) atoms. The molecule has 0 aromatic heterocycles. The summed E-state index contributed by atoms with van der Waals surface area (Å²) in [4.78, 5) is 5.18. The second kappa shape index (κ2) is 7.46. The monoisotopic (exact) mass is 402 g/mol. The molecule has 0 radical (unpaired) electrons. The maximum absolute atomic E-state index is 13.0. The smallest absolute Gasteiger partial charge is 0.123 e. The summed E-state index contributed by atoms with van der Waals surface area (Å²) in [6.45, 7) is 4.55. The molecule has 2 aliphatic heterocycles. The van der Waals surface area contributed by atoms with Crippen LogP contribution in [0.3, 0.4) is 0 Å². The lowest BCUT2D eigenvalue weighted by atomic mass is 10.0. The van der Waals surface area contributed by atoms with E-state index in [-0.39, 0.29) is 5.82 Å². The summed E-state index contributed by atoms with van der Waals surface area (Å²) >= 11 is 3.61. The van der Waals surface area contributed by atoms with Crippen molar-refractivity contribution in [3.05, 3.63) is 63.9 Å². The molecule has 0 atom stereocenters. The Morgan fingerprint density at radius 2 is 1.76 bits per heavy atom. The van der Waals surface area contributed by atoms with Crippen LogP contribution in [-0.4, -0.2) is 37.1 Å². The van der Waals surface area contributed by atoms with Crippen molar-refractivity contribution in [2.24, 2.45) is 0 Å². The van der Waals surface area contributed by atoms with Gasteiger partial charge in [0.15, 0.2) is 0 Å². The average molecular weight is 403 g/mol. The lowest BCUT2D eigenvalue weighted by Crippen LogP contribution is -2.45. The first-order valence-corrected chi connectivity index (χ1v) is 10.0. The van der Waals surface area contributed by atoms with E-state index >= 15 is 0 Å². The Hall–Kier alpha value is -1.39. The number of anilines is 1. The third-order valence-electron chi connectivity index (χ3n) is 5.61. The Bertz CT molecular complexity index is 723. The van der Waals surface area contributed by atoms with Crippen LogP contribution in [0.4, 0.5) is 10.1 Å². The van der Waals surface area contributed by atoms with E-state index in [0.717, 1.165) is 32.6 Å². The maximum Gasteiger partial charge on any atom is 0.123 e. The van der Waals surface area contributed by atoms with Crippen LogP contribution in [0.2, 0.25) is 0 Å². The molecule has 0 bridgehead atoms. The fourth-order valence-electron chi connectivity index (χ4n) is 4.15. The van der Waals surface area contributed by atoms with Gasteiger partial charge in [-0.25, -0.2) is 4.39 Å². The molecule has 0 aliphatic carbocycles. The first-order chi connectivity index (χ1) is 12.2. The van der Waals surface area contributed by atoms with Crippen molar-refractivity contribution in [1.82, 2.24) is 4.90 Å². The Morgan fingerprint density at radius 3 is 2.52 bits per heavy atom. The van der Waals surface area contributed by atoms with Crippen molar-refractivity contribution in [3.63, 3.8) is 0 Å². The van der Waals surface area contributed by atoms with Gasteiger partial charge in [-0.05, 0) is 61.1 Å². The topological polar surface area (TPSA) is 6.48 Å². The number of fused-ring (bicyclic) bond motifs is 1. The lowest BCUT2D eigenvalue weighted by Gasteiger charge is -2.38. The highest BCUT2D eigenvalue weighted by molar-refractivity contribution is 9.10. The van der Waals surface area contributed by atoms with Gasteiger partial charge in [0.25, 0.3) is 0 Å². The summed E-state index contributed by atoms with van der Waals surface area (Å²) in [7, 11) is 0. The number of halogens is 2. The molecule has 4 rings (SSSR count). The standard InChI is InChI=1S/C21H24BrFN2/c22-18-4-3-17-8-14-25(21(17)15-18)20-9-12-24(13-10-20)11-7-16-1-5-19(23)6-2-16/h1-6,15,20H,7-14H2. The number of likely N-dealkylation sites (tertiary alicyclic amines) is 1. The molecule has 1 fully saturated rings. The van der Waals surface area contributed by atoms with E-state index in [0.29, 0.717) is 6.04 Å². The molecule has 2 nitrogen and oxygen atoms in total. The Labute approximate surface area is 157 Å². The van der Waals surface area contributed by atoms with Crippen molar-refractivity contribution in [2.75, 3.05) is 31.1 Å². The predicted molar refractivity (Wildman–Crippen MR) is 105 cm³/mol. The third-order valence-corrected chi connectivity index (χ3v) is 6.10. The quantitative estimate of drug-likeness (QED) is 0.733. The van der Waals surface area contributed by atoms with Crippen molar-refractivity contribution in [1.29, 1.82) is 0 Å². The zero-order valence-electron chi connectivity index (χ0n) is 14.4. The van der Waals surface area contributed by atoms with Crippen molar-refractivity contribution in [3.8, 4) is 0 Å². The van der Waals surface area contributed by atoms with Crippen LogP contribution in [0, 0.1) is 5.82 Å². The molecule has 2 aromatic rings. The van der Waals surface area contributed by atoms with Gasteiger partial charge in [-0.15, -0.1) is 0 Å². The van der Waals surface area contributed by atoms with Gasteiger partial charge in [-0.2, -0.15) is 0 Å². The second-order valence-corrected chi connectivity index (χ2v) is 8.08. The van der Waals surface area contributed by atoms with Crippen LogP contribution < -0.4 is 4.90 Å². The van der Waals surface area contributed by atoms with Crippen LogP contribution in [0.1, 0.15) is 24.0 Å². The number of nitrogens with zero attached hydrogens (tertiary/aromatic N) is 2. The van der Waals surface area contributed by atoms with Gasteiger partial charge in [0.2, 0.25) is 0 Å². The molecule has 2 aromatic carbocycles. The Kier molecular flexibility index (Phi) is 5.09. The number of hydrogen-bond acceptors (Lipinski definition) is 2. The molecule has 0 saturated carbocycles. The molecule has 1 saturated heterocycles. The number of piperidine rings is 1. The van der Waals surface area contributed by atoms with Gasteiger partial charge in [0.05, 0.1) is 0 Å². The van der Waals surface area contributed by atoms with E-state index in [2.05, 4.69) is 43.9 Å². The summed E-state index contributed by atoms with van der Waals surface area (Å²) in [5, 5.41) is 0. The normalized spacial score (nSPS) is 18.6. The van der Waals surface area contributed by atoms with Crippen LogP contribution in [-0.2, 0) is 12.8 Å². The van der Waals surface area contributed by atoms with E-state index in [1.165, 1.54) is 40.5 Å². The van der Waals surface area contributed by atoms with E-state index in [1.807, 2.05) is 12.1 Å². The molecule has 2 aliphatic rings. The van der Waals surface area contributed by atoms with Crippen LogP contribution in [0.15, 0.2) is 46.9 Å². The van der Waals surface area contributed by atoms with Gasteiger partial charge in [-0.1, -0.05) is 34.1 Å². The molecule has 2 heterocycles. The molecule has 132 valence electrons. The predicted octanol–water partition coefficient (Wildman–Crippen LogP) is 4.66. The van der Waals surface area contributed by atoms with Crippen molar-refractivity contribution in [2.45, 2.75) is 31.7 Å². The molecule has 0 spiro atoms. The highest BCUT2D eigenvalue weighted by atomic mass is 79.9. The zero-order chi connectivity index (χ0) is 17.2. The van der Waals surface area contributed by atoms with E-state index in [4.69, 9.17) is 0 Å². The van der Waals surface area contributed by atoms with Crippen molar-refractivity contribution >= 4 is 21.6 Å². The van der Waals surface area contributed by atoms with Gasteiger partial charge in [-0.3, -0.25) is 0 Å². The number of rotatable bonds is 4. The molecule has 4 heteroatoms. The number of benzene rings is 2. The summed E-state index contributed by atoms with van der Waals surface area (Å²) < 4.78 is 14.2. The Morgan fingerprint density at radius 1 is 1.00 bits per heavy atom. The van der Waals surface area contributed by atoms with E-state index in [1.54, 1.807) is 12.1 Å². The maximum atomic E-state index is 13.0. The van der Waals surface area contributed by atoms with Gasteiger partial charge in [0, 0.05) is 42.4 Å². The minimum atomic E-state index is -0.151. The van der Waals surface area contributed by atoms with Crippen molar-refractivity contribution < 1.29 is 4.39 Å². The first-order valence-electron chi connectivity index (χ1n) is 9.21. The first kappa shape index (κ1) is 17.0. The largest absolute Gasteiger partial charge is 0.368 e. The lowest BCUT2D eigenvalue weighted by molar-refractivity contribution is 0.212. The van der Waals surface area contributed by atoms with Gasteiger partial charge >= 0.3 is 0 Å². The molecule has 0 N–H and O–H groups in total. The zero-order valence-corrected chi connectivity index (χ0v) is 16.0. The summed E-state index contributed by atoms with van der Waals surface area (Å²) in [5.41, 5.74) is 4.14. The van der Waals surface area contributed by atoms with Crippen LogP contribution >= 0.6 is 15.9 Å². The molecular formula is C21H24BrFN2. The SMILES string of the molecule is Fc1ccc(CCN2CCC(N3CCc4ccc(Br)cc43)CC2)cc1. The van der Waals surface area contributed by atoms with Gasteiger partial charge in [0.1, 0.15) is 5.82 Å². The van der Waals surface area contributed by atoms with Crippen LogP contribution in [0.25, 0.3) is 0 Å². The average Bonchev–Trinajstić information content (AvgIpc) is 3.05. The highest BCUT2D eigenvalue weighted by Gasteiger charge is 2.29. The minimum Gasteiger partial charge on any atom is -0.368 e. The minimum absolute atomic E-state index is 0.151. The highest BCUT2D eigenvalue weighted by Crippen LogP contribution is 2.34. The fraction of sp³-hybridized carbons (Fsp3) is 0.429. The fourth-order valence-corrected chi connectivity index (χ4v) is 4.50. The van der Waals surface area contributed by atoms with E-state index < -0.39 is 0 Å². The summed E-state index contributed by atoms with van der Waals surface area (Å²) in [6, 6.07) is 14.3. The second-order valence-electron chi connectivity index (χ2n) is 7.17. The van der Waals surface area contributed by atoms with Gasteiger partial charge < -0.3 is 9.80 Å². The summed E-state index contributed by atoms with van der Waals surface area (Å²) in [5.74, 6) is -0.151. The Balaban J connectivity index is 1.30.